The molecule has 6 heteroatoms. The minimum atomic E-state index is 0.0190. The lowest BCUT2D eigenvalue weighted by atomic mass is 9.96. The maximum Gasteiger partial charge on any atom is 0.257 e. The van der Waals surface area contributed by atoms with Crippen LogP contribution in [0.2, 0.25) is 0 Å². The van der Waals surface area contributed by atoms with Crippen molar-refractivity contribution in [3.8, 4) is 0 Å². The molecule has 1 aliphatic rings. The molecule has 0 aliphatic carbocycles. The van der Waals surface area contributed by atoms with Gasteiger partial charge in [-0.15, -0.1) is 0 Å². The van der Waals surface area contributed by atoms with Crippen LogP contribution >= 0.6 is 0 Å². The first-order valence-electron chi connectivity index (χ1n) is 7.65. The Bertz CT molecular complexity index is 694. The number of rotatable bonds is 2. The molecule has 1 N–H and O–H groups in total. The smallest absolute Gasteiger partial charge is 0.257 e. The second-order valence-corrected chi connectivity index (χ2v) is 5.96. The number of aryl methyl sites for hydroxylation is 3. The first-order chi connectivity index (χ1) is 10.5. The van der Waals surface area contributed by atoms with Gasteiger partial charge >= 0.3 is 0 Å². The molecule has 2 aromatic heterocycles. The van der Waals surface area contributed by atoms with Crippen LogP contribution in [0.5, 0.6) is 0 Å². The minimum absolute atomic E-state index is 0.0190. The number of aromatic amines is 1. The van der Waals surface area contributed by atoms with Crippen LogP contribution in [0.4, 0.5) is 0 Å². The third kappa shape index (κ3) is 2.86. The average Bonchev–Trinajstić information content (AvgIpc) is 2.93. The highest BCUT2D eigenvalue weighted by molar-refractivity contribution is 5.95. The molecule has 1 amide bonds. The summed E-state index contributed by atoms with van der Waals surface area (Å²) in [5.74, 6) is 1.96. The number of H-pyrrole nitrogens is 1. The van der Waals surface area contributed by atoms with E-state index in [-0.39, 0.29) is 11.8 Å². The van der Waals surface area contributed by atoms with E-state index in [1.54, 1.807) is 6.20 Å². The fraction of sp³-hybridized carbons (Fsp3) is 0.500. The summed E-state index contributed by atoms with van der Waals surface area (Å²) in [5, 5.41) is 0. The van der Waals surface area contributed by atoms with E-state index >= 15 is 0 Å². The van der Waals surface area contributed by atoms with Gasteiger partial charge < -0.3 is 9.88 Å². The van der Waals surface area contributed by atoms with Gasteiger partial charge in [-0.1, -0.05) is 0 Å². The Labute approximate surface area is 130 Å². The van der Waals surface area contributed by atoms with Crippen LogP contribution in [0.15, 0.2) is 12.4 Å². The van der Waals surface area contributed by atoms with Crippen molar-refractivity contribution in [2.24, 2.45) is 0 Å². The number of aromatic nitrogens is 4. The normalized spacial score (nSPS) is 18.5. The molecule has 1 atom stereocenters. The molecule has 3 rings (SSSR count). The molecular weight excluding hydrogens is 278 g/mol. The van der Waals surface area contributed by atoms with Gasteiger partial charge in [0.05, 0.1) is 11.3 Å². The Morgan fingerprint density at radius 2 is 2.09 bits per heavy atom. The predicted molar refractivity (Wildman–Crippen MR) is 82.7 cm³/mol. The van der Waals surface area contributed by atoms with Crippen molar-refractivity contribution >= 4 is 5.91 Å². The molecule has 0 aromatic carbocycles. The van der Waals surface area contributed by atoms with E-state index in [9.17, 15) is 4.79 Å². The van der Waals surface area contributed by atoms with Gasteiger partial charge in [0.25, 0.3) is 5.91 Å². The summed E-state index contributed by atoms with van der Waals surface area (Å²) in [6.45, 7) is 7.16. The van der Waals surface area contributed by atoms with Gasteiger partial charge in [0.1, 0.15) is 11.6 Å². The Morgan fingerprint density at radius 3 is 2.77 bits per heavy atom. The fourth-order valence-electron chi connectivity index (χ4n) is 2.99. The maximum atomic E-state index is 12.7. The van der Waals surface area contributed by atoms with Crippen LogP contribution in [-0.2, 0) is 0 Å². The first kappa shape index (κ1) is 14.7. The molecule has 3 heterocycles. The quantitative estimate of drug-likeness (QED) is 0.922. The van der Waals surface area contributed by atoms with Crippen LogP contribution < -0.4 is 0 Å². The van der Waals surface area contributed by atoms with Crippen molar-refractivity contribution in [1.82, 2.24) is 24.8 Å². The summed E-state index contributed by atoms with van der Waals surface area (Å²) in [5.41, 5.74) is 2.40. The van der Waals surface area contributed by atoms with Gasteiger partial charge in [-0.3, -0.25) is 4.79 Å². The zero-order valence-electron chi connectivity index (χ0n) is 13.3. The second kappa shape index (κ2) is 5.87. The van der Waals surface area contributed by atoms with Crippen LogP contribution in [0.25, 0.3) is 0 Å². The summed E-state index contributed by atoms with van der Waals surface area (Å²) in [6.07, 6.45) is 5.52. The van der Waals surface area contributed by atoms with Gasteiger partial charge in [0, 0.05) is 37.1 Å². The average molecular weight is 299 g/mol. The number of likely N-dealkylation sites (tertiary alicyclic amines) is 1. The lowest BCUT2D eigenvalue weighted by molar-refractivity contribution is 0.0703. The number of carbonyl (C=O) groups is 1. The summed E-state index contributed by atoms with van der Waals surface area (Å²) in [6, 6.07) is 0. The lowest BCUT2D eigenvalue weighted by Crippen LogP contribution is -2.39. The monoisotopic (exact) mass is 299 g/mol. The highest BCUT2D eigenvalue weighted by Crippen LogP contribution is 2.26. The molecule has 1 saturated heterocycles. The van der Waals surface area contributed by atoms with Crippen LogP contribution in [-0.4, -0.2) is 43.8 Å². The van der Waals surface area contributed by atoms with Crippen molar-refractivity contribution in [1.29, 1.82) is 0 Å². The van der Waals surface area contributed by atoms with Gasteiger partial charge in [-0.25, -0.2) is 15.0 Å². The first-order valence-corrected chi connectivity index (χ1v) is 7.65. The minimum Gasteiger partial charge on any atom is -0.346 e. The number of nitrogens with one attached hydrogen (secondary N) is 1. The lowest BCUT2D eigenvalue weighted by Gasteiger charge is -2.32. The SMILES string of the molecule is Cc1ncc(C(=O)N2CCC[C@H](c3ncc(C)[nH]3)C2)c(C)n1. The number of imidazole rings is 1. The van der Waals surface area contributed by atoms with Gasteiger partial charge in [0.2, 0.25) is 0 Å². The summed E-state index contributed by atoms with van der Waals surface area (Å²) < 4.78 is 0. The van der Waals surface area contributed by atoms with Crippen molar-refractivity contribution in [3.05, 3.63) is 41.0 Å². The Hall–Kier alpha value is -2.24. The third-order valence-corrected chi connectivity index (χ3v) is 4.15. The number of piperidine rings is 1. The number of nitrogens with zero attached hydrogens (tertiary/aromatic N) is 4. The van der Waals surface area contributed by atoms with E-state index < -0.39 is 0 Å². The summed E-state index contributed by atoms with van der Waals surface area (Å²) >= 11 is 0. The molecule has 1 aliphatic heterocycles. The topological polar surface area (TPSA) is 74.8 Å². The van der Waals surface area contributed by atoms with E-state index in [2.05, 4.69) is 19.9 Å². The summed E-state index contributed by atoms with van der Waals surface area (Å²) in [7, 11) is 0. The van der Waals surface area contributed by atoms with E-state index in [0.29, 0.717) is 17.9 Å². The molecule has 6 nitrogen and oxygen atoms in total. The van der Waals surface area contributed by atoms with Crippen molar-refractivity contribution in [2.75, 3.05) is 13.1 Å². The zero-order chi connectivity index (χ0) is 15.7. The van der Waals surface area contributed by atoms with Gasteiger partial charge in [0.15, 0.2) is 0 Å². The van der Waals surface area contributed by atoms with E-state index in [4.69, 9.17) is 0 Å². The maximum absolute atomic E-state index is 12.7. The van der Waals surface area contributed by atoms with Crippen LogP contribution in [0, 0.1) is 20.8 Å². The molecule has 22 heavy (non-hydrogen) atoms. The molecule has 0 radical (unpaired) electrons. The van der Waals surface area contributed by atoms with E-state index in [1.165, 1.54) is 0 Å². The van der Waals surface area contributed by atoms with E-state index in [0.717, 1.165) is 36.6 Å². The third-order valence-electron chi connectivity index (χ3n) is 4.15. The fourth-order valence-corrected chi connectivity index (χ4v) is 2.99. The molecule has 116 valence electrons. The van der Waals surface area contributed by atoms with Gasteiger partial charge in [-0.2, -0.15) is 0 Å². The van der Waals surface area contributed by atoms with Gasteiger partial charge in [-0.05, 0) is 33.6 Å². The molecule has 0 bridgehead atoms. The number of hydrogen-bond acceptors (Lipinski definition) is 4. The number of amides is 1. The number of hydrogen-bond donors (Lipinski definition) is 1. The van der Waals surface area contributed by atoms with Crippen LogP contribution in [0.1, 0.15) is 52.2 Å². The number of carbonyl (C=O) groups excluding carboxylic acids is 1. The summed E-state index contributed by atoms with van der Waals surface area (Å²) in [4.78, 5) is 30.8. The van der Waals surface area contributed by atoms with Crippen molar-refractivity contribution in [2.45, 2.75) is 39.5 Å². The Kier molecular flexibility index (Phi) is 3.92. The van der Waals surface area contributed by atoms with Crippen LogP contribution in [0.3, 0.4) is 0 Å². The molecule has 0 saturated carbocycles. The zero-order valence-corrected chi connectivity index (χ0v) is 13.3. The molecule has 2 aromatic rings. The molecule has 1 fully saturated rings. The van der Waals surface area contributed by atoms with Crippen molar-refractivity contribution in [3.63, 3.8) is 0 Å². The van der Waals surface area contributed by atoms with Crippen molar-refractivity contribution < 1.29 is 4.79 Å². The standard InChI is InChI=1S/C16H21N5O/c1-10-7-18-15(19-10)13-5-4-6-21(9-13)16(22)14-8-17-12(3)20-11(14)2/h7-8,13H,4-6,9H2,1-3H3,(H,18,19)/t13-/m0/s1. The largest absolute Gasteiger partial charge is 0.346 e. The highest BCUT2D eigenvalue weighted by Gasteiger charge is 2.28. The van der Waals surface area contributed by atoms with E-state index in [1.807, 2.05) is 31.9 Å². The predicted octanol–water partition coefficient (Wildman–Crippen LogP) is 2.14. The molecule has 0 spiro atoms. The second-order valence-electron chi connectivity index (χ2n) is 5.96. The highest BCUT2D eigenvalue weighted by atomic mass is 16.2. The molecule has 0 unspecified atom stereocenters. The molecular formula is C16H21N5O. The Morgan fingerprint density at radius 1 is 1.27 bits per heavy atom. The Balaban J connectivity index is 1.78.